The number of benzene rings is 2. The van der Waals surface area contributed by atoms with E-state index >= 15 is 0 Å². The van der Waals surface area contributed by atoms with Crippen LogP contribution in [0.25, 0.3) is 0 Å². The maximum Gasteiger partial charge on any atom is 0.335 e. The SMILES string of the molecule is Cc1ccc(S(=O)(=O)NCc2cccc(C(=O)O)c2)cc1. The Hall–Kier alpha value is -2.18. The summed E-state index contributed by atoms with van der Waals surface area (Å²) in [4.78, 5) is 11.1. The molecule has 0 heterocycles. The smallest absolute Gasteiger partial charge is 0.335 e. The third-order valence-corrected chi connectivity index (χ3v) is 4.39. The summed E-state index contributed by atoms with van der Waals surface area (Å²) < 4.78 is 26.7. The average Bonchev–Trinajstić information content (AvgIpc) is 2.46. The van der Waals surface area contributed by atoms with Gasteiger partial charge in [0.1, 0.15) is 0 Å². The number of nitrogens with one attached hydrogen (secondary N) is 1. The first kappa shape index (κ1) is 15.2. The van der Waals surface area contributed by atoms with Crippen LogP contribution < -0.4 is 4.72 Å². The van der Waals surface area contributed by atoms with E-state index in [4.69, 9.17) is 5.11 Å². The molecule has 2 rings (SSSR count). The molecular weight excluding hydrogens is 290 g/mol. The molecule has 0 spiro atoms. The van der Waals surface area contributed by atoms with Crippen molar-refractivity contribution in [2.45, 2.75) is 18.4 Å². The van der Waals surface area contributed by atoms with Crippen LogP contribution in [0.3, 0.4) is 0 Å². The Morgan fingerprint density at radius 2 is 1.81 bits per heavy atom. The van der Waals surface area contributed by atoms with Gasteiger partial charge in [0.2, 0.25) is 10.0 Å². The number of carboxylic acids is 1. The summed E-state index contributed by atoms with van der Waals surface area (Å²) in [7, 11) is -3.61. The molecule has 110 valence electrons. The lowest BCUT2D eigenvalue weighted by atomic mass is 10.1. The number of aryl methyl sites for hydroxylation is 1. The predicted molar refractivity (Wildman–Crippen MR) is 78.6 cm³/mol. The van der Waals surface area contributed by atoms with Gasteiger partial charge < -0.3 is 5.11 Å². The Balaban J connectivity index is 2.13. The molecular formula is C15H15NO4S. The highest BCUT2D eigenvalue weighted by Crippen LogP contribution is 2.11. The fraction of sp³-hybridized carbons (Fsp3) is 0.133. The van der Waals surface area contributed by atoms with E-state index in [1.165, 1.54) is 24.3 Å². The molecule has 0 aliphatic carbocycles. The van der Waals surface area contributed by atoms with E-state index in [0.29, 0.717) is 5.56 Å². The van der Waals surface area contributed by atoms with Crippen molar-refractivity contribution in [3.8, 4) is 0 Å². The summed E-state index contributed by atoms with van der Waals surface area (Å²) in [6.07, 6.45) is 0. The van der Waals surface area contributed by atoms with Gasteiger partial charge in [0.15, 0.2) is 0 Å². The van der Waals surface area contributed by atoms with Gasteiger partial charge in [-0.25, -0.2) is 17.9 Å². The molecule has 6 heteroatoms. The third-order valence-electron chi connectivity index (χ3n) is 2.97. The Morgan fingerprint density at radius 3 is 2.43 bits per heavy atom. The van der Waals surface area contributed by atoms with Crippen molar-refractivity contribution in [2.75, 3.05) is 0 Å². The molecule has 2 N–H and O–H groups in total. The minimum Gasteiger partial charge on any atom is -0.478 e. The fourth-order valence-corrected chi connectivity index (χ4v) is 2.81. The lowest BCUT2D eigenvalue weighted by Crippen LogP contribution is -2.23. The second kappa shape index (κ2) is 6.07. The second-order valence-corrected chi connectivity index (χ2v) is 6.41. The van der Waals surface area contributed by atoms with Crippen molar-refractivity contribution in [1.29, 1.82) is 0 Å². The number of carboxylic acid groups (broad SMARTS) is 1. The van der Waals surface area contributed by atoms with E-state index in [9.17, 15) is 13.2 Å². The second-order valence-electron chi connectivity index (χ2n) is 4.64. The van der Waals surface area contributed by atoms with Crippen molar-refractivity contribution in [1.82, 2.24) is 4.72 Å². The van der Waals surface area contributed by atoms with Gasteiger partial charge in [-0.2, -0.15) is 0 Å². The van der Waals surface area contributed by atoms with E-state index in [-0.39, 0.29) is 17.0 Å². The van der Waals surface area contributed by atoms with Crippen LogP contribution in [0.4, 0.5) is 0 Å². The quantitative estimate of drug-likeness (QED) is 0.887. The van der Waals surface area contributed by atoms with Gasteiger partial charge in [-0.3, -0.25) is 0 Å². The molecule has 0 fully saturated rings. The highest BCUT2D eigenvalue weighted by Gasteiger charge is 2.13. The molecule has 0 aliphatic heterocycles. The molecule has 0 atom stereocenters. The minimum absolute atomic E-state index is 0.0390. The minimum atomic E-state index is -3.61. The van der Waals surface area contributed by atoms with E-state index < -0.39 is 16.0 Å². The van der Waals surface area contributed by atoms with Gasteiger partial charge in [-0.15, -0.1) is 0 Å². The van der Waals surface area contributed by atoms with Gasteiger partial charge >= 0.3 is 5.97 Å². The van der Waals surface area contributed by atoms with Gasteiger partial charge in [0.25, 0.3) is 0 Å². The first-order valence-electron chi connectivity index (χ1n) is 6.27. The highest BCUT2D eigenvalue weighted by molar-refractivity contribution is 7.89. The molecule has 2 aromatic carbocycles. The van der Waals surface area contributed by atoms with Crippen molar-refractivity contribution in [3.63, 3.8) is 0 Å². The Bertz CT molecular complexity index is 751. The standard InChI is InChI=1S/C15H15NO4S/c1-11-5-7-14(8-6-11)21(19,20)16-10-12-3-2-4-13(9-12)15(17)18/h2-9,16H,10H2,1H3,(H,17,18). The summed E-state index contributed by atoms with van der Waals surface area (Å²) in [5.41, 5.74) is 1.69. The summed E-state index contributed by atoms with van der Waals surface area (Å²) in [5.74, 6) is -1.04. The molecule has 0 aromatic heterocycles. The Kier molecular flexibility index (Phi) is 4.40. The molecule has 0 saturated heterocycles. The molecule has 21 heavy (non-hydrogen) atoms. The molecule has 0 saturated carbocycles. The maximum absolute atomic E-state index is 12.1. The van der Waals surface area contributed by atoms with Crippen LogP contribution in [0.15, 0.2) is 53.4 Å². The van der Waals surface area contributed by atoms with Crippen LogP contribution in [0.1, 0.15) is 21.5 Å². The normalized spacial score (nSPS) is 11.3. The lowest BCUT2D eigenvalue weighted by molar-refractivity contribution is 0.0696. The lowest BCUT2D eigenvalue weighted by Gasteiger charge is -2.07. The number of carbonyl (C=O) groups is 1. The molecule has 2 aromatic rings. The number of hydrogen-bond donors (Lipinski definition) is 2. The molecule has 0 aliphatic rings. The molecule has 0 amide bonds. The Morgan fingerprint density at radius 1 is 1.14 bits per heavy atom. The van der Waals surface area contributed by atoms with Gasteiger partial charge in [0, 0.05) is 6.54 Å². The average molecular weight is 305 g/mol. The predicted octanol–water partition coefficient (Wildman–Crippen LogP) is 2.17. The Labute approximate surface area is 123 Å². The van der Waals surface area contributed by atoms with Crippen LogP contribution >= 0.6 is 0 Å². The van der Waals surface area contributed by atoms with Crippen molar-refractivity contribution < 1.29 is 18.3 Å². The fourth-order valence-electron chi connectivity index (χ4n) is 1.79. The van der Waals surface area contributed by atoms with E-state index in [1.54, 1.807) is 24.3 Å². The van der Waals surface area contributed by atoms with Crippen LogP contribution in [0.5, 0.6) is 0 Å². The monoisotopic (exact) mass is 305 g/mol. The molecule has 0 unspecified atom stereocenters. The van der Waals surface area contributed by atoms with Crippen molar-refractivity contribution in [3.05, 3.63) is 65.2 Å². The summed E-state index contributed by atoms with van der Waals surface area (Å²) in [5, 5.41) is 8.90. The largest absolute Gasteiger partial charge is 0.478 e. The van der Waals surface area contributed by atoms with Crippen LogP contribution in [-0.2, 0) is 16.6 Å². The summed E-state index contributed by atoms with van der Waals surface area (Å²) in [6, 6.07) is 12.7. The molecule has 0 bridgehead atoms. The first-order chi connectivity index (χ1) is 9.88. The van der Waals surface area contributed by atoms with E-state index in [2.05, 4.69) is 4.72 Å². The molecule has 0 radical (unpaired) electrons. The number of sulfonamides is 1. The molecule has 5 nitrogen and oxygen atoms in total. The highest BCUT2D eigenvalue weighted by atomic mass is 32.2. The first-order valence-corrected chi connectivity index (χ1v) is 7.75. The zero-order valence-corrected chi connectivity index (χ0v) is 12.2. The zero-order chi connectivity index (χ0) is 15.5. The number of rotatable bonds is 5. The van der Waals surface area contributed by atoms with Crippen molar-refractivity contribution >= 4 is 16.0 Å². The van der Waals surface area contributed by atoms with Gasteiger partial charge in [-0.05, 0) is 36.8 Å². The topological polar surface area (TPSA) is 83.5 Å². The number of aromatic carboxylic acids is 1. The summed E-state index contributed by atoms with van der Waals surface area (Å²) in [6.45, 7) is 1.92. The summed E-state index contributed by atoms with van der Waals surface area (Å²) >= 11 is 0. The van der Waals surface area contributed by atoms with Crippen LogP contribution in [0.2, 0.25) is 0 Å². The maximum atomic E-state index is 12.1. The van der Waals surface area contributed by atoms with Gasteiger partial charge in [0.05, 0.1) is 10.5 Å². The zero-order valence-electron chi connectivity index (χ0n) is 11.4. The van der Waals surface area contributed by atoms with E-state index in [0.717, 1.165) is 5.56 Å². The van der Waals surface area contributed by atoms with E-state index in [1.807, 2.05) is 6.92 Å². The van der Waals surface area contributed by atoms with Crippen molar-refractivity contribution in [2.24, 2.45) is 0 Å². The van der Waals surface area contributed by atoms with Crippen LogP contribution in [-0.4, -0.2) is 19.5 Å². The van der Waals surface area contributed by atoms with Gasteiger partial charge in [-0.1, -0.05) is 29.8 Å². The number of hydrogen-bond acceptors (Lipinski definition) is 3. The van der Waals surface area contributed by atoms with Crippen LogP contribution in [0, 0.1) is 6.92 Å². The third kappa shape index (κ3) is 3.90.